The third kappa shape index (κ3) is 2.72. The van der Waals surface area contributed by atoms with Crippen LogP contribution in [0.2, 0.25) is 0 Å². The number of aliphatic imine (C=N–C) groups is 1. The SMILES string of the molecule is C[C@@]1(c2cc(N)ccc2F)C=C(c2ccccc2)SC(N)=N1. The summed E-state index contributed by atoms with van der Waals surface area (Å²) in [5.41, 5.74) is 12.9. The quantitative estimate of drug-likeness (QED) is 0.830. The average molecular weight is 313 g/mol. The van der Waals surface area contributed by atoms with Crippen LogP contribution in [0.1, 0.15) is 18.1 Å². The van der Waals surface area contributed by atoms with Gasteiger partial charge in [-0.3, -0.25) is 0 Å². The summed E-state index contributed by atoms with van der Waals surface area (Å²) in [6.45, 7) is 1.83. The molecule has 0 spiro atoms. The van der Waals surface area contributed by atoms with Gasteiger partial charge in [0.05, 0.1) is 0 Å². The van der Waals surface area contributed by atoms with Crippen molar-refractivity contribution in [3.63, 3.8) is 0 Å². The van der Waals surface area contributed by atoms with Gasteiger partial charge in [-0.05, 0) is 36.8 Å². The van der Waals surface area contributed by atoms with E-state index >= 15 is 0 Å². The number of amidine groups is 1. The topological polar surface area (TPSA) is 64.4 Å². The lowest BCUT2D eigenvalue weighted by molar-refractivity contribution is 0.547. The smallest absolute Gasteiger partial charge is 0.160 e. The number of benzene rings is 2. The molecule has 0 unspecified atom stereocenters. The number of halogens is 1. The Morgan fingerprint density at radius 2 is 1.82 bits per heavy atom. The van der Waals surface area contributed by atoms with Gasteiger partial charge in [0.25, 0.3) is 0 Å². The summed E-state index contributed by atoms with van der Waals surface area (Å²) >= 11 is 1.38. The van der Waals surface area contributed by atoms with Gasteiger partial charge in [-0.1, -0.05) is 42.1 Å². The van der Waals surface area contributed by atoms with Gasteiger partial charge in [0, 0.05) is 16.2 Å². The van der Waals surface area contributed by atoms with Crippen molar-refractivity contribution >= 4 is 27.5 Å². The fourth-order valence-electron chi connectivity index (χ4n) is 2.49. The van der Waals surface area contributed by atoms with E-state index < -0.39 is 5.54 Å². The van der Waals surface area contributed by atoms with Crippen LogP contribution in [-0.2, 0) is 5.54 Å². The molecule has 0 amide bonds. The van der Waals surface area contributed by atoms with Crippen LogP contribution in [0.25, 0.3) is 4.91 Å². The summed E-state index contributed by atoms with van der Waals surface area (Å²) in [5, 5.41) is 0.408. The van der Waals surface area contributed by atoms with Crippen LogP contribution in [0.3, 0.4) is 0 Å². The largest absolute Gasteiger partial charge is 0.399 e. The average Bonchev–Trinajstić information content (AvgIpc) is 2.49. The van der Waals surface area contributed by atoms with E-state index in [0.29, 0.717) is 16.4 Å². The van der Waals surface area contributed by atoms with Crippen LogP contribution < -0.4 is 11.5 Å². The lowest BCUT2D eigenvalue weighted by Crippen LogP contribution is -2.26. The molecule has 0 bridgehead atoms. The van der Waals surface area contributed by atoms with Crippen molar-refractivity contribution in [3.05, 3.63) is 71.6 Å². The summed E-state index contributed by atoms with van der Waals surface area (Å²) in [5.74, 6) is -0.344. The van der Waals surface area contributed by atoms with E-state index in [-0.39, 0.29) is 5.82 Å². The van der Waals surface area contributed by atoms with Gasteiger partial charge in [0.15, 0.2) is 5.17 Å². The number of nitrogens with zero attached hydrogens (tertiary/aromatic N) is 1. The molecule has 1 heterocycles. The molecule has 1 aliphatic heterocycles. The Bertz CT molecular complexity index is 771. The molecular formula is C17H16FN3S. The molecule has 0 saturated carbocycles. The van der Waals surface area contributed by atoms with Crippen LogP contribution in [0.5, 0.6) is 0 Å². The Balaban J connectivity index is 2.13. The molecule has 5 heteroatoms. The zero-order valence-corrected chi connectivity index (χ0v) is 12.9. The highest BCUT2D eigenvalue weighted by Crippen LogP contribution is 2.41. The second-order valence-corrected chi connectivity index (χ2v) is 6.38. The van der Waals surface area contributed by atoms with E-state index in [9.17, 15) is 4.39 Å². The van der Waals surface area contributed by atoms with E-state index in [1.54, 1.807) is 6.07 Å². The lowest BCUT2D eigenvalue weighted by atomic mass is 9.90. The van der Waals surface area contributed by atoms with Crippen molar-refractivity contribution in [2.24, 2.45) is 10.7 Å². The summed E-state index contributed by atoms with van der Waals surface area (Å²) in [6.07, 6.45) is 1.93. The molecule has 1 atom stereocenters. The van der Waals surface area contributed by atoms with Gasteiger partial charge >= 0.3 is 0 Å². The van der Waals surface area contributed by atoms with E-state index in [0.717, 1.165) is 10.5 Å². The standard InChI is InChI=1S/C17H16FN3S/c1-17(13-9-12(19)7-8-14(13)18)10-15(22-16(20)21-17)11-5-3-2-4-6-11/h2-10H,19H2,1H3,(H2,20,21)/t17-/m0/s1. The van der Waals surface area contributed by atoms with Crippen LogP contribution in [-0.4, -0.2) is 5.17 Å². The summed E-state index contributed by atoms with van der Waals surface area (Å²) in [4.78, 5) is 5.40. The van der Waals surface area contributed by atoms with Crippen LogP contribution in [0.15, 0.2) is 59.6 Å². The van der Waals surface area contributed by atoms with Crippen molar-refractivity contribution < 1.29 is 4.39 Å². The number of nitrogens with two attached hydrogens (primary N) is 2. The maximum absolute atomic E-state index is 14.3. The molecule has 0 saturated heterocycles. The minimum Gasteiger partial charge on any atom is -0.399 e. The first kappa shape index (κ1) is 14.7. The Morgan fingerprint density at radius 3 is 2.55 bits per heavy atom. The van der Waals surface area contributed by atoms with Gasteiger partial charge in [0.2, 0.25) is 0 Å². The van der Waals surface area contributed by atoms with Crippen LogP contribution >= 0.6 is 11.8 Å². The van der Waals surface area contributed by atoms with Crippen molar-refractivity contribution in [3.8, 4) is 0 Å². The molecule has 3 rings (SSSR count). The molecule has 22 heavy (non-hydrogen) atoms. The minimum absolute atomic E-state index is 0.344. The lowest BCUT2D eigenvalue weighted by Gasteiger charge is -2.28. The molecule has 3 nitrogen and oxygen atoms in total. The first-order valence-corrected chi connectivity index (χ1v) is 7.66. The number of rotatable bonds is 2. The fourth-order valence-corrected chi connectivity index (χ4v) is 3.50. The minimum atomic E-state index is -0.875. The Labute approximate surface area is 132 Å². The third-order valence-electron chi connectivity index (χ3n) is 3.56. The highest BCUT2D eigenvalue weighted by molar-refractivity contribution is 8.21. The summed E-state index contributed by atoms with van der Waals surface area (Å²) < 4.78 is 14.3. The van der Waals surface area contributed by atoms with Gasteiger partial charge in [-0.15, -0.1) is 0 Å². The number of hydrogen-bond donors (Lipinski definition) is 2. The molecule has 0 fully saturated rings. The molecule has 4 N–H and O–H groups in total. The van der Waals surface area contributed by atoms with E-state index in [4.69, 9.17) is 11.5 Å². The van der Waals surface area contributed by atoms with Crippen LogP contribution in [0.4, 0.5) is 10.1 Å². The number of thioether (sulfide) groups is 1. The Morgan fingerprint density at radius 1 is 1.09 bits per heavy atom. The molecule has 112 valence electrons. The fraction of sp³-hybridized carbons (Fsp3) is 0.118. The van der Waals surface area contributed by atoms with Crippen molar-refractivity contribution in [1.82, 2.24) is 0 Å². The number of anilines is 1. The molecule has 0 aromatic heterocycles. The molecule has 2 aromatic carbocycles. The van der Waals surface area contributed by atoms with Crippen LogP contribution in [0, 0.1) is 5.82 Å². The van der Waals surface area contributed by atoms with Crippen molar-refractivity contribution in [1.29, 1.82) is 0 Å². The normalized spacial score (nSPS) is 21.2. The van der Waals surface area contributed by atoms with Gasteiger partial charge in [-0.2, -0.15) is 0 Å². The Hall–Kier alpha value is -2.27. The second-order valence-electron chi connectivity index (χ2n) is 5.31. The van der Waals surface area contributed by atoms with Gasteiger partial charge in [-0.25, -0.2) is 9.38 Å². The highest BCUT2D eigenvalue weighted by Gasteiger charge is 2.31. The molecular weight excluding hydrogens is 297 g/mol. The Kier molecular flexibility index (Phi) is 3.66. The molecule has 0 radical (unpaired) electrons. The second kappa shape index (κ2) is 5.50. The first-order valence-electron chi connectivity index (χ1n) is 6.85. The number of nitrogen functional groups attached to an aromatic ring is 1. The van der Waals surface area contributed by atoms with Crippen molar-refractivity contribution in [2.75, 3.05) is 5.73 Å². The van der Waals surface area contributed by atoms with E-state index in [1.807, 2.05) is 43.3 Å². The molecule has 2 aromatic rings. The predicted octanol–water partition coefficient (Wildman–Crippen LogP) is 3.73. The monoisotopic (exact) mass is 313 g/mol. The maximum atomic E-state index is 14.3. The van der Waals surface area contributed by atoms with E-state index in [1.165, 1.54) is 23.9 Å². The van der Waals surface area contributed by atoms with Crippen molar-refractivity contribution in [2.45, 2.75) is 12.5 Å². The zero-order chi connectivity index (χ0) is 15.7. The zero-order valence-electron chi connectivity index (χ0n) is 12.1. The summed E-state index contributed by atoms with van der Waals surface area (Å²) in [6, 6.07) is 14.4. The van der Waals surface area contributed by atoms with E-state index in [2.05, 4.69) is 4.99 Å². The molecule has 1 aliphatic rings. The first-order chi connectivity index (χ1) is 10.5. The third-order valence-corrected chi connectivity index (χ3v) is 4.44. The highest BCUT2D eigenvalue weighted by atomic mass is 32.2. The molecule has 0 aliphatic carbocycles. The maximum Gasteiger partial charge on any atom is 0.160 e. The van der Waals surface area contributed by atoms with Gasteiger partial charge in [0.1, 0.15) is 11.4 Å². The predicted molar refractivity (Wildman–Crippen MR) is 91.8 cm³/mol. The summed E-state index contributed by atoms with van der Waals surface area (Å²) in [7, 11) is 0. The number of hydrogen-bond acceptors (Lipinski definition) is 4. The van der Waals surface area contributed by atoms with Gasteiger partial charge < -0.3 is 11.5 Å².